The van der Waals surface area contributed by atoms with Gasteiger partial charge in [-0.15, -0.1) is 0 Å². The van der Waals surface area contributed by atoms with Gasteiger partial charge in [-0.2, -0.15) is 0 Å². The van der Waals surface area contributed by atoms with E-state index in [2.05, 4.69) is 29.6 Å². The van der Waals surface area contributed by atoms with Gasteiger partial charge >= 0.3 is 0 Å². The molecular weight excluding hydrogens is 260 g/mol. The number of piperidine rings is 1. The van der Waals surface area contributed by atoms with E-state index in [9.17, 15) is 5.11 Å². The summed E-state index contributed by atoms with van der Waals surface area (Å²) in [6, 6.07) is 8.60. The summed E-state index contributed by atoms with van der Waals surface area (Å²) in [6.07, 6.45) is 4.74. The summed E-state index contributed by atoms with van der Waals surface area (Å²) in [6.45, 7) is 1.89. The molecule has 0 saturated carbocycles. The molecule has 1 unspecified atom stereocenters. The predicted molar refractivity (Wildman–Crippen MR) is 83.5 cm³/mol. The second kappa shape index (κ2) is 5.39. The number of aliphatic hydroxyl groups is 1. The minimum Gasteiger partial charge on any atom is -0.387 e. The number of fused-ring (bicyclic) bond motifs is 3. The van der Waals surface area contributed by atoms with Crippen molar-refractivity contribution in [2.24, 2.45) is 0 Å². The monoisotopic (exact) mass is 281 g/mol. The normalized spacial score (nSPS) is 23.2. The third-order valence-corrected chi connectivity index (χ3v) is 4.96. The van der Waals surface area contributed by atoms with Gasteiger partial charge in [-0.05, 0) is 43.1 Å². The van der Waals surface area contributed by atoms with Gasteiger partial charge in [-0.1, -0.05) is 24.3 Å². The molecular formula is C18H21N2O. The molecule has 2 aromatic rings. The third kappa shape index (κ3) is 2.25. The van der Waals surface area contributed by atoms with Crippen LogP contribution in [0.25, 0.3) is 10.8 Å². The van der Waals surface area contributed by atoms with E-state index in [1.165, 1.54) is 22.0 Å². The van der Waals surface area contributed by atoms with Crippen LogP contribution in [0.5, 0.6) is 0 Å². The maximum atomic E-state index is 10.4. The van der Waals surface area contributed by atoms with Crippen molar-refractivity contribution >= 4 is 10.8 Å². The highest BCUT2D eigenvalue weighted by atomic mass is 16.3. The van der Waals surface area contributed by atoms with Gasteiger partial charge in [0.15, 0.2) is 0 Å². The van der Waals surface area contributed by atoms with Gasteiger partial charge < -0.3 is 5.11 Å². The zero-order valence-corrected chi connectivity index (χ0v) is 12.3. The molecule has 109 valence electrons. The molecule has 1 radical (unpaired) electrons. The second-order valence-electron chi connectivity index (χ2n) is 6.26. The lowest BCUT2D eigenvalue weighted by Crippen LogP contribution is -2.23. The highest BCUT2D eigenvalue weighted by Gasteiger charge is 2.26. The van der Waals surface area contributed by atoms with Crippen molar-refractivity contribution in [3.8, 4) is 0 Å². The molecule has 4 rings (SSSR count). The lowest BCUT2D eigenvalue weighted by Gasteiger charge is -2.27. The number of benzene rings is 1. The first-order chi connectivity index (χ1) is 10.3. The average molecular weight is 281 g/mol. The molecule has 0 spiro atoms. The van der Waals surface area contributed by atoms with Gasteiger partial charge in [0.1, 0.15) is 0 Å². The molecule has 1 saturated heterocycles. The van der Waals surface area contributed by atoms with E-state index in [1.807, 2.05) is 0 Å². The Morgan fingerprint density at radius 1 is 0.952 bits per heavy atom. The van der Waals surface area contributed by atoms with Gasteiger partial charge in [0, 0.05) is 24.4 Å². The Hall–Kier alpha value is -1.45. The van der Waals surface area contributed by atoms with E-state index >= 15 is 0 Å². The molecule has 2 heterocycles. The van der Waals surface area contributed by atoms with E-state index in [0.29, 0.717) is 5.92 Å². The quantitative estimate of drug-likeness (QED) is 0.873. The number of aromatic nitrogens is 1. The summed E-state index contributed by atoms with van der Waals surface area (Å²) in [5.41, 5.74) is 3.41. The van der Waals surface area contributed by atoms with Crippen molar-refractivity contribution < 1.29 is 5.11 Å². The Balaban J connectivity index is 1.93. The number of hydrogen-bond donors (Lipinski definition) is 1. The lowest BCUT2D eigenvalue weighted by atomic mass is 9.85. The summed E-state index contributed by atoms with van der Waals surface area (Å²) in [5.74, 6) is 0.492. The SMILES string of the molecule is OC1CCCc2c1nc(C1CC[N]CC1)c1ccccc21. The molecule has 1 aliphatic carbocycles. The molecule has 21 heavy (non-hydrogen) atoms. The molecule has 1 aromatic heterocycles. The minimum absolute atomic E-state index is 0.384. The zero-order valence-electron chi connectivity index (χ0n) is 12.3. The number of rotatable bonds is 1. The Bertz CT molecular complexity index is 662. The van der Waals surface area contributed by atoms with E-state index in [-0.39, 0.29) is 6.10 Å². The number of aryl methyl sites for hydroxylation is 1. The Morgan fingerprint density at radius 3 is 2.52 bits per heavy atom. The van der Waals surface area contributed by atoms with E-state index < -0.39 is 0 Å². The van der Waals surface area contributed by atoms with Crippen LogP contribution < -0.4 is 5.32 Å². The van der Waals surface area contributed by atoms with Crippen molar-refractivity contribution in [1.29, 1.82) is 0 Å². The topological polar surface area (TPSA) is 47.2 Å². The van der Waals surface area contributed by atoms with Crippen LogP contribution in [0, 0.1) is 0 Å². The van der Waals surface area contributed by atoms with E-state index in [1.54, 1.807) is 0 Å². The van der Waals surface area contributed by atoms with Gasteiger partial charge in [0.2, 0.25) is 0 Å². The molecule has 3 nitrogen and oxygen atoms in total. The highest BCUT2D eigenvalue weighted by Crippen LogP contribution is 2.38. The maximum Gasteiger partial charge on any atom is 0.0963 e. The minimum atomic E-state index is -0.384. The van der Waals surface area contributed by atoms with Crippen LogP contribution in [0.15, 0.2) is 24.3 Å². The first-order valence-corrected chi connectivity index (χ1v) is 8.07. The number of pyridine rings is 1. The predicted octanol–water partition coefficient (Wildman–Crippen LogP) is 3.09. The fourth-order valence-electron chi connectivity index (χ4n) is 3.85. The van der Waals surface area contributed by atoms with Crippen LogP contribution >= 0.6 is 0 Å². The molecule has 1 N–H and O–H groups in total. The van der Waals surface area contributed by atoms with Crippen LogP contribution in [0.3, 0.4) is 0 Å². The van der Waals surface area contributed by atoms with Gasteiger partial charge in [0.25, 0.3) is 0 Å². The number of nitrogens with zero attached hydrogens (tertiary/aromatic N) is 2. The van der Waals surface area contributed by atoms with Crippen molar-refractivity contribution in [3.63, 3.8) is 0 Å². The molecule has 1 aliphatic heterocycles. The van der Waals surface area contributed by atoms with Crippen molar-refractivity contribution in [2.45, 2.75) is 44.1 Å². The maximum absolute atomic E-state index is 10.4. The largest absolute Gasteiger partial charge is 0.387 e. The van der Waals surface area contributed by atoms with Gasteiger partial charge in [0.05, 0.1) is 17.5 Å². The fourth-order valence-corrected chi connectivity index (χ4v) is 3.85. The summed E-state index contributed by atoms with van der Waals surface area (Å²) in [7, 11) is 0. The average Bonchev–Trinajstić information content (AvgIpc) is 2.55. The summed E-state index contributed by atoms with van der Waals surface area (Å²) in [4.78, 5) is 4.95. The van der Waals surface area contributed by atoms with Crippen LogP contribution in [0.2, 0.25) is 0 Å². The van der Waals surface area contributed by atoms with E-state index in [4.69, 9.17) is 4.98 Å². The van der Waals surface area contributed by atoms with Crippen LogP contribution in [-0.4, -0.2) is 23.2 Å². The van der Waals surface area contributed by atoms with Gasteiger partial charge in [-0.3, -0.25) is 4.98 Å². The second-order valence-corrected chi connectivity index (χ2v) is 6.26. The Kier molecular flexibility index (Phi) is 3.40. The molecule has 0 bridgehead atoms. The van der Waals surface area contributed by atoms with E-state index in [0.717, 1.165) is 50.9 Å². The third-order valence-electron chi connectivity index (χ3n) is 4.96. The van der Waals surface area contributed by atoms with Crippen molar-refractivity contribution in [1.82, 2.24) is 10.3 Å². The van der Waals surface area contributed by atoms with Crippen molar-refractivity contribution in [3.05, 3.63) is 41.2 Å². The first-order valence-electron chi connectivity index (χ1n) is 8.07. The standard InChI is InChI=1S/C18H21N2O/c21-16-7-3-6-15-13-4-1-2-5-14(13)17(20-18(15)16)12-8-10-19-11-9-12/h1-2,4-5,12,16,21H,3,6-11H2. The molecule has 2 aliphatic rings. The molecule has 1 fully saturated rings. The first kappa shape index (κ1) is 13.2. The van der Waals surface area contributed by atoms with Gasteiger partial charge in [-0.25, -0.2) is 5.32 Å². The van der Waals surface area contributed by atoms with Crippen LogP contribution in [-0.2, 0) is 6.42 Å². The summed E-state index contributed by atoms with van der Waals surface area (Å²) < 4.78 is 0. The van der Waals surface area contributed by atoms with Crippen LogP contribution in [0.1, 0.15) is 54.7 Å². The molecule has 1 aromatic carbocycles. The Morgan fingerprint density at radius 2 is 1.71 bits per heavy atom. The molecule has 1 atom stereocenters. The summed E-state index contributed by atoms with van der Waals surface area (Å²) >= 11 is 0. The summed E-state index contributed by atoms with van der Waals surface area (Å²) in [5, 5.41) is 17.4. The number of aliphatic hydroxyl groups excluding tert-OH is 1. The fraction of sp³-hybridized carbons (Fsp3) is 0.500. The highest BCUT2D eigenvalue weighted by molar-refractivity contribution is 5.89. The molecule has 0 amide bonds. The number of hydrogen-bond acceptors (Lipinski definition) is 2. The smallest absolute Gasteiger partial charge is 0.0963 e. The lowest BCUT2D eigenvalue weighted by molar-refractivity contribution is 0.151. The Labute approximate surface area is 125 Å². The zero-order chi connectivity index (χ0) is 14.2. The van der Waals surface area contributed by atoms with Crippen molar-refractivity contribution in [2.75, 3.05) is 13.1 Å². The van der Waals surface area contributed by atoms with Crippen LogP contribution in [0.4, 0.5) is 0 Å². The molecule has 3 heteroatoms.